The van der Waals surface area contributed by atoms with Gasteiger partial charge in [0.15, 0.2) is 6.10 Å². The summed E-state index contributed by atoms with van der Waals surface area (Å²) in [4.78, 5) is 27.6. The highest BCUT2D eigenvalue weighted by atomic mass is 79.9. The fourth-order valence-electron chi connectivity index (χ4n) is 12.1. The summed E-state index contributed by atoms with van der Waals surface area (Å²) in [5.74, 6) is 2.49. The van der Waals surface area contributed by atoms with Crippen LogP contribution in [-0.2, 0) is 19.1 Å². The third kappa shape index (κ3) is 6.23. The lowest BCUT2D eigenvalue weighted by Gasteiger charge is -2.62. The third-order valence-corrected chi connectivity index (χ3v) is 14.2. The second-order valence-electron chi connectivity index (χ2n) is 16.5. The van der Waals surface area contributed by atoms with E-state index >= 15 is 0 Å². The van der Waals surface area contributed by atoms with Gasteiger partial charge in [-0.15, -0.1) is 17.0 Å². The van der Waals surface area contributed by atoms with Gasteiger partial charge < -0.3 is 14.0 Å². The Hall–Kier alpha value is -0.660. The molecule has 2 aliphatic heterocycles. The molecule has 2 saturated heterocycles. The van der Waals surface area contributed by atoms with Crippen molar-refractivity contribution in [3.8, 4) is 0 Å². The first-order valence-electron chi connectivity index (χ1n) is 18.0. The number of carbonyl (C=O) groups excluding carboxylic acids is 2. The quantitative estimate of drug-likeness (QED) is 0.233. The standard InChI is InChI=1S/C36H61N2O4.BrH/c1-25(39)41-33-22-27-14-15-28-29(36(27,4)24-31(33)37-18-10-6-7-11-19-37)16-17-35(3)30(28)23-32(34(35)42-26(2)40)38(5)20-12-8-9-13-21-38;/h27-34H,6-24H2,1-5H3;1H/q+1;/t27?,28-,29-,30+,31?,32?,33?,34?,35+,36+;/m1./s1. The van der Waals surface area contributed by atoms with Crippen molar-refractivity contribution in [2.45, 2.75) is 148 Å². The first-order valence-corrected chi connectivity index (χ1v) is 18.0. The van der Waals surface area contributed by atoms with E-state index < -0.39 is 0 Å². The molecule has 10 atom stereocenters. The smallest absolute Gasteiger partial charge is 0.303 e. The second kappa shape index (κ2) is 13.2. The number of rotatable bonds is 4. The third-order valence-electron chi connectivity index (χ3n) is 14.2. The lowest BCUT2D eigenvalue weighted by molar-refractivity contribution is -0.935. The van der Waals surface area contributed by atoms with Gasteiger partial charge in [-0.05, 0) is 119 Å². The van der Waals surface area contributed by atoms with Gasteiger partial charge in [-0.1, -0.05) is 26.7 Å². The molecule has 0 aromatic heterocycles. The van der Waals surface area contributed by atoms with Crippen LogP contribution in [0.5, 0.6) is 0 Å². The topological polar surface area (TPSA) is 55.8 Å². The molecule has 4 saturated carbocycles. The summed E-state index contributed by atoms with van der Waals surface area (Å²) in [6, 6.07) is 0.780. The predicted octanol–water partition coefficient (Wildman–Crippen LogP) is 7.32. The number of quaternary nitrogens is 1. The van der Waals surface area contributed by atoms with Crippen LogP contribution in [0.2, 0.25) is 0 Å². The fourth-order valence-corrected chi connectivity index (χ4v) is 12.1. The Morgan fingerprint density at radius 2 is 1.40 bits per heavy atom. The summed E-state index contributed by atoms with van der Waals surface area (Å²) < 4.78 is 13.7. The molecule has 43 heavy (non-hydrogen) atoms. The SMILES string of the molecule is Br.CC(=O)OC1CC2CC[C@@H]3[C@@H](CC[C@]4(C)C(OC(C)=O)C([N+]5(C)CCCCCC5)C[C@@H]34)[C@@]2(C)CC1N1CCCCCC1. The van der Waals surface area contributed by atoms with Crippen LogP contribution in [0.3, 0.4) is 0 Å². The molecule has 4 aliphatic carbocycles. The maximum atomic E-state index is 12.6. The maximum Gasteiger partial charge on any atom is 0.303 e. The van der Waals surface area contributed by atoms with Crippen LogP contribution < -0.4 is 0 Å². The Kier molecular flexibility index (Phi) is 10.4. The predicted molar refractivity (Wildman–Crippen MR) is 176 cm³/mol. The highest BCUT2D eigenvalue weighted by molar-refractivity contribution is 8.93. The van der Waals surface area contributed by atoms with E-state index in [4.69, 9.17) is 9.47 Å². The largest absolute Gasteiger partial charge is 0.461 e. The Morgan fingerprint density at radius 1 is 0.767 bits per heavy atom. The first kappa shape index (κ1) is 33.7. The van der Waals surface area contributed by atoms with Crippen LogP contribution >= 0.6 is 17.0 Å². The van der Waals surface area contributed by atoms with Gasteiger partial charge in [-0.25, -0.2) is 0 Å². The normalized spacial score (nSPS) is 44.8. The van der Waals surface area contributed by atoms with Crippen LogP contribution in [0.25, 0.3) is 0 Å². The molecular formula is C36H62BrN2O4+. The van der Waals surface area contributed by atoms with Gasteiger partial charge in [-0.3, -0.25) is 14.5 Å². The zero-order chi connectivity index (χ0) is 29.7. The van der Waals surface area contributed by atoms with E-state index in [0.717, 1.165) is 24.0 Å². The van der Waals surface area contributed by atoms with Crippen molar-refractivity contribution in [3.63, 3.8) is 0 Å². The average Bonchev–Trinajstić information content (AvgIpc) is 3.16. The number of esters is 2. The second-order valence-corrected chi connectivity index (χ2v) is 16.5. The number of nitrogens with zero attached hydrogens (tertiary/aromatic N) is 2. The molecule has 0 N–H and O–H groups in total. The van der Waals surface area contributed by atoms with Crippen LogP contribution in [0, 0.1) is 34.5 Å². The number of carbonyl (C=O) groups is 2. The number of halogens is 1. The Bertz CT molecular complexity index is 992. The Morgan fingerprint density at radius 3 is 2.02 bits per heavy atom. The van der Waals surface area contributed by atoms with E-state index in [-0.39, 0.29) is 52.0 Å². The molecule has 7 heteroatoms. The summed E-state index contributed by atoms with van der Waals surface area (Å²) >= 11 is 0. The molecule has 6 nitrogen and oxygen atoms in total. The number of likely N-dealkylation sites (tertiary alicyclic amines) is 2. The maximum absolute atomic E-state index is 12.6. The van der Waals surface area contributed by atoms with E-state index in [1.165, 1.54) is 103 Å². The van der Waals surface area contributed by atoms with Crippen molar-refractivity contribution in [1.82, 2.24) is 4.90 Å². The number of ether oxygens (including phenoxy) is 2. The van der Waals surface area contributed by atoms with Gasteiger partial charge in [0, 0.05) is 31.7 Å². The molecular weight excluding hydrogens is 604 g/mol. The molecule has 0 aromatic carbocycles. The van der Waals surface area contributed by atoms with Crippen molar-refractivity contribution >= 4 is 28.9 Å². The molecule has 6 fully saturated rings. The lowest BCUT2D eigenvalue weighted by Crippen LogP contribution is -2.61. The highest BCUT2D eigenvalue weighted by Crippen LogP contribution is 2.67. The molecule has 0 amide bonds. The zero-order valence-corrected chi connectivity index (χ0v) is 29.7. The Labute approximate surface area is 272 Å². The van der Waals surface area contributed by atoms with E-state index in [9.17, 15) is 9.59 Å². The molecule has 0 radical (unpaired) electrons. The summed E-state index contributed by atoms with van der Waals surface area (Å²) in [5, 5.41) is 0. The Balaban J connectivity index is 0.00000368. The van der Waals surface area contributed by atoms with Crippen LogP contribution in [0.4, 0.5) is 0 Å². The minimum atomic E-state index is -0.107. The fraction of sp³-hybridized carbons (Fsp3) is 0.944. The monoisotopic (exact) mass is 665 g/mol. The molecule has 0 spiro atoms. The molecule has 246 valence electrons. The molecule has 2 heterocycles. The van der Waals surface area contributed by atoms with Crippen molar-refractivity contribution in [1.29, 1.82) is 0 Å². The number of hydrogen-bond donors (Lipinski definition) is 0. The van der Waals surface area contributed by atoms with Crippen molar-refractivity contribution in [2.75, 3.05) is 33.2 Å². The van der Waals surface area contributed by atoms with Gasteiger partial charge in [0.2, 0.25) is 0 Å². The molecule has 0 bridgehead atoms. The van der Waals surface area contributed by atoms with Crippen LogP contribution in [0.1, 0.15) is 124 Å². The van der Waals surface area contributed by atoms with E-state index in [0.29, 0.717) is 35.8 Å². The van der Waals surface area contributed by atoms with Crippen LogP contribution in [0.15, 0.2) is 0 Å². The zero-order valence-electron chi connectivity index (χ0n) is 28.0. The first-order chi connectivity index (χ1) is 20.0. The summed E-state index contributed by atoms with van der Waals surface area (Å²) in [5.41, 5.74) is 0.362. The van der Waals surface area contributed by atoms with Crippen molar-refractivity contribution in [2.24, 2.45) is 34.5 Å². The van der Waals surface area contributed by atoms with E-state index in [1.54, 1.807) is 13.8 Å². The van der Waals surface area contributed by atoms with E-state index in [2.05, 4.69) is 25.8 Å². The van der Waals surface area contributed by atoms with Gasteiger partial charge in [-0.2, -0.15) is 0 Å². The minimum Gasteiger partial charge on any atom is -0.461 e. The van der Waals surface area contributed by atoms with Crippen molar-refractivity contribution < 1.29 is 23.5 Å². The van der Waals surface area contributed by atoms with Gasteiger partial charge in [0.25, 0.3) is 0 Å². The average molecular weight is 667 g/mol. The van der Waals surface area contributed by atoms with Gasteiger partial charge in [0.05, 0.1) is 20.1 Å². The van der Waals surface area contributed by atoms with Crippen LogP contribution in [-0.4, -0.2) is 78.8 Å². The van der Waals surface area contributed by atoms with Gasteiger partial charge >= 0.3 is 11.9 Å². The highest BCUT2D eigenvalue weighted by Gasteiger charge is 2.67. The molecule has 0 aromatic rings. The molecule has 5 unspecified atom stereocenters. The summed E-state index contributed by atoms with van der Waals surface area (Å²) in [6.07, 6.45) is 19.0. The summed E-state index contributed by atoms with van der Waals surface area (Å²) in [7, 11) is 2.49. The number of likely N-dealkylation sites (N-methyl/N-ethyl adjacent to an activating group) is 1. The van der Waals surface area contributed by atoms with E-state index in [1.807, 2.05) is 0 Å². The van der Waals surface area contributed by atoms with Gasteiger partial charge in [0.1, 0.15) is 12.1 Å². The number of fused-ring (bicyclic) bond motifs is 5. The number of hydrogen-bond acceptors (Lipinski definition) is 5. The molecule has 6 aliphatic rings. The van der Waals surface area contributed by atoms with Crippen molar-refractivity contribution in [3.05, 3.63) is 0 Å². The minimum absolute atomic E-state index is 0. The summed E-state index contributed by atoms with van der Waals surface area (Å²) in [6.45, 7) is 13.2. The molecule has 6 rings (SSSR count). The lowest BCUT2D eigenvalue weighted by atomic mass is 9.44.